The minimum atomic E-state index is -5.72. The lowest BCUT2D eigenvalue weighted by atomic mass is 9.86. The number of nitrogens with two attached hydrogens (primary N) is 3. The zero-order valence-corrected chi connectivity index (χ0v) is 65.6. The molecule has 0 aromatic heterocycles. The van der Waals surface area contributed by atoms with Crippen LogP contribution in [0.1, 0.15) is 146 Å². The van der Waals surface area contributed by atoms with E-state index < -0.39 is 228 Å². The molecule has 0 aliphatic carbocycles. The summed E-state index contributed by atoms with van der Waals surface area (Å²) >= 11 is 0. The van der Waals surface area contributed by atoms with Crippen LogP contribution in [0.4, 0.5) is 36.8 Å². The van der Waals surface area contributed by atoms with Crippen molar-refractivity contribution in [2.75, 3.05) is 25.4 Å². The van der Waals surface area contributed by atoms with Gasteiger partial charge in [0.25, 0.3) is 0 Å². The number of aliphatic hydroxyl groups is 1. The first-order chi connectivity index (χ1) is 52.6. The Morgan fingerprint density at radius 3 is 1.53 bits per heavy atom. The summed E-state index contributed by atoms with van der Waals surface area (Å²) in [5.41, 5.74) is 16.8. The van der Waals surface area contributed by atoms with Gasteiger partial charge in [0.15, 0.2) is 12.0 Å². The van der Waals surface area contributed by atoms with Crippen LogP contribution in [0.15, 0.2) is 54.6 Å². The van der Waals surface area contributed by atoms with Gasteiger partial charge in [-0.3, -0.25) is 58.1 Å². The van der Waals surface area contributed by atoms with Gasteiger partial charge in [0.05, 0.1) is 19.1 Å². The molecule has 0 spiro atoms. The predicted molar refractivity (Wildman–Crippen MR) is 396 cm³/mol. The zero-order valence-electron chi connectivity index (χ0n) is 65.6. The van der Waals surface area contributed by atoms with E-state index in [0.29, 0.717) is 18.1 Å². The van der Waals surface area contributed by atoms with Crippen molar-refractivity contribution in [3.05, 3.63) is 65.7 Å². The van der Waals surface area contributed by atoms with E-state index in [1.165, 1.54) is 33.8 Å². The van der Waals surface area contributed by atoms with Gasteiger partial charge in [-0.15, -0.1) is 0 Å². The van der Waals surface area contributed by atoms with E-state index in [1.54, 1.807) is 88.5 Å². The Morgan fingerprint density at radius 2 is 1.01 bits per heavy atom. The van der Waals surface area contributed by atoms with E-state index in [1.807, 2.05) is 31.4 Å². The summed E-state index contributed by atoms with van der Waals surface area (Å²) in [6.07, 6.45) is -18.5. The summed E-state index contributed by atoms with van der Waals surface area (Å²) in [4.78, 5) is 203. The van der Waals surface area contributed by atoms with E-state index >= 15 is 0 Å². The lowest BCUT2D eigenvalue weighted by Gasteiger charge is -2.32. The van der Waals surface area contributed by atoms with Gasteiger partial charge in [-0.25, -0.2) is 19.2 Å². The second-order valence-electron chi connectivity index (χ2n) is 30.3. The molecule has 0 fully saturated rings. The average Bonchev–Trinajstić information content (AvgIpc) is 0.838. The van der Waals surface area contributed by atoms with Crippen molar-refractivity contribution in [1.29, 1.82) is 5.41 Å². The van der Waals surface area contributed by atoms with Crippen LogP contribution in [0.25, 0.3) is 0 Å². The Hall–Kier alpha value is -11.1. The number of amides is 12. The number of carbonyl (C=O) groups excluding carboxylic acids is 14. The maximum absolute atomic E-state index is 15.0. The standard InChI is InChI=1S/C72H108F6N16O20/c1-14-37(6)51(62(105)93-52(38(7)114-66(110)72(76,77)78)61(104)84-32-50(96)85-45(29-49(80)95)57(100)90-48(64(107)108)34-112-65(109)71(73,74)75)92-55(98)42(24-19-25-83-67(81)82)86-56(99)43(26-35(2)3)88-63(106)53(54(97)36(4)5)94-58(101)44(28-40-22-18-23-41(79)27-40)87-59(102)46(30-69(8,9)10)89-60(103)47(31-70(11,12)13)91-68(111)113-33-39-20-16-15-17-21-39/h15-18,20-23,27,35-38,42-48,51-54,97H,14,19,24-26,28-34,79H2,1-13H3,(H2,80,95)(H,84,104)(H,85,96)(H,86,99)(H,87,102)(H,88,106)(H,89,103)(H,90,100)(H,91,111)(H,92,98)(H,93,105)(H,94,101)(H,107,108)(H4,81,82,83)/t37-,38-,42+,43-,44-,45-,46-,47+,48-,51-,52-,53-,54?/m0/s1. The van der Waals surface area contributed by atoms with E-state index in [9.17, 15) is 108 Å². The fourth-order valence-corrected chi connectivity index (χ4v) is 10.8. The number of rotatable bonds is 44. The fourth-order valence-electron chi connectivity index (χ4n) is 10.8. The van der Waals surface area contributed by atoms with Gasteiger partial charge in [0, 0.05) is 18.7 Å². The number of guanidine groups is 1. The normalized spacial score (nSPS) is 15.1. The summed E-state index contributed by atoms with van der Waals surface area (Å²) in [6, 6.07) is -3.53. The third-order valence-corrected chi connectivity index (χ3v) is 16.7. The SMILES string of the molecule is CC[C@H](C)[C@H](NC(=O)[C@@H](CCCNC(=N)N)NC(=O)[C@H](CC(C)C)NC(=O)[C@@H](NC(=O)[C@H](Cc1cccc(N)c1)NC(=O)[C@H](CC(C)(C)C)NC(=O)[C@@H](CC(C)(C)C)NC(=O)OCc1ccccc1)C(O)C(C)C)C(=O)N[C@H](C(=O)NCC(=O)N[C@@H](CC(N)=O)C(=O)N[C@@H](COC(=O)C(F)(F)F)C(=O)O)[C@H](C)OC(=O)C(F)(F)F. The quantitative estimate of drug-likeness (QED) is 0.00811. The summed E-state index contributed by atoms with van der Waals surface area (Å²) in [7, 11) is 0. The molecule has 12 amide bonds. The molecule has 2 aromatic carbocycles. The lowest BCUT2D eigenvalue weighted by Crippen LogP contribution is -2.63. The van der Waals surface area contributed by atoms with Crippen LogP contribution in [0.5, 0.6) is 0 Å². The molecule has 42 heteroatoms. The number of primary amides is 1. The van der Waals surface area contributed by atoms with Crippen LogP contribution >= 0.6 is 0 Å². The number of hydrogen-bond acceptors (Lipinski definition) is 21. The summed E-state index contributed by atoms with van der Waals surface area (Å²) in [5.74, 6) is -24.4. The Labute approximate surface area is 654 Å². The molecule has 0 saturated carbocycles. The van der Waals surface area contributed by atoms with Crippen molar-refractivity contribution in [3.8, 4) is 0 Å². The minimum Gasteiger partial charge on any atom is -0.480 e. The molecule has 2 aromatic rings. The molecule has 0 radical (unpaired) electrons. The summed E-state index contributed by atoms with van der Waals surface area (Å²) < 4.78 is 92.9. The van der Waals surface area contributed by atoms with Crippen molar-refractivity contribution in [2.45, 2.75) is 233 Å². The first-order valence-electron chi connectivity index (χ1n) is 36.2. The van der Waals surface area contributed by atoms with Crippen molar-refractivity contribution in [2.24, 2.45) is 40.1 Å². The lowest BCUT2D eigenvalue weighted by molar-refractivity contribution is -0.205. The maximum Gasteiger partial charge on any atom is 0.490 e. The smallest absolute Gasteiger partial charge is 0.480 e. The molecule has 638 valence electrons. The molecule has 2 rings (SSSR count). The second-order valence-corrected chi connectivity index (χ2v) is 30.3. The summed E-state index contributed by atoms with van der Waals surface area (Å²) in [5, 5.41) is 57.0. The molecule has 36 nitrogen and oxygen atoms in total. The van der Waals surface area contributed by atoms with Crippen LogP contribution in [0.3, 0.4) is 0 Å². The Balaban J connectivity index is 2.66. The number of aliphatic carboxylic acids is 1. The van der Waals surface area contributed by atoms with Crippen molar-refractivity contribution < 1.29 is 123 Å². The molecule has 0 aliphatic heterocycles. The number of nitrogen functional groups attached to an aromatic ring is 1. The highest BCUT2D eigenvalue weighted by Gasteiger charge is 2.46. The van der Waals surface area contributed by atoms with Gasteiger partial charge >= 0.3 is 36.4 Å². The van der Waals surface area contributed by atoms with Gasteiger partial charge in [0.2, 0.25) is 65.0 Å². The molecule has 21 N–H and O–H groups in total. The van der Waals surface area contributed by atoms with Crippen LogP contribution in [0.2, 0.25) is 0 Å². The van der Waals surface area contributed by atoms with E-state index in [2.05, 4.69) is 57.3 Å². The molecule has 1 unspecified atom stereocenters. The molecular weight excluding hydrogens is 1520 g/mol. The van der Waals surface area contributed by atoms with Crippen molar-refractivity contribution >= 4 is 101 Å². The second kappa shape index (κ2) is 45.6. The number of ether oxygens (including phenoxy) is 3. The molecule has 0 saturated heterocycles. The van der Waals surface area contributed by atoms with Crippen LogP contribution < -0.4 is 81.0 Å². The highest BCUT2D eigenvalue weighted by molar-refractivity contribution is 6.00. The molecule has 0 bridgehead atoms. The van der Waals surface area contributed by atoms with Crippen molar-refractivity contribution in [3.63, 3.8) is 0 Å². The topological polar surface area (TPSA) is 570 Å². The van der Waals surface area contributed by atoms with Gasteiger partial charge in [-0.1, -0.05) is 132 Å². The molecule has 13 atom stereocenters. The number of carboxylic acid groups (broad SMARTS) is 1. The Morgan fingerprint density at radius 1 is 0.526 bits per heavy atom. The van der Waals surface area contributed by atoms with Crippen LogP contribution in [-0.2, 0) is 94.4 Å². The summed E-state index contributed by atoms with van der Waals surface area (Å²) in [6.45, 7) is 17.4. The number of carbonyl (C=O) groups is 15. The number of alkyl carbamates (subject to hydrolysis) is 1. The van der Waals surface area contributed by atoms with E-state index in [0.717, 1.165) is 0 Å². The van der Waals surface area contributed by atoms with Gasteiger partial charge in [-0.05, 0) is 90.9 Å². The molecule has 0 heterocycles. The highest BCUT2D eigenvalue weighted by atomic mass is 19.4. The predicted octanol–water partition coefficient (Wildman–Crippen LogP) is 0.390. The number of carboxylic acids is 1. The first-order valence-corrected chi connectivity index (χ1v) is 36.2. The number of nitrogens with one attached hydrogen (secondary N) is 13. The highest BCUT2D eigenvalue weighted by Crippen LogP contribution is 2.26. The third-order valence-electron chi connectivity index (χ3n) is 16.7. The molecule has 0 aliphatic rings. The first kappa shape index (κ1) is 99.0. The number of esters is 2. The number of halogens is 6. The zero-order chi connectivity index (χ0) is 87.1. The van der Waals surface area contributed by atoms with Crippen LogP contribution in [-0.4, -0.2) is 210 Å². The number of hydrogen-bond donors (Lipinski definition) is 18. The minimum absolute atomic E-state index is 0.0148. The average molecular weight is 1630 g/mol. The molecule has 114 heavy (non-hydrogen) atoms. The third kappa shape index (κ3) is 37.0. The Kier molecular flexibility index (Phi) is 39.6. The van der Waals surface area contributed by atoms with Gasteiger partial charge < -0.3 is 105 Å². The fraction of sp³-hybridized carbons (Fsp3) is 0.611. The number of aliphatic hydroxyl groups excluding tert-OH is 1. The number of alkyl halides is 6. The van der Waals surface area contributed by atoms with E-state index in [4.69, 9.17) is 27.3 Å². The number of anilines is 1. The molecular formula is C72H108F6N16O20. The van der Waals surface area contributed by atoms with Crippen molar-refractivity contribution in [1.82, 2.24) is 63.8 Å². The van der Waals surface area contributed by atoms with Crippen LogP contribution in [0, 0.1) is 34.0 Å². The largest absolute Gasteiger partial charge is 0.490 e. The number of benzene rings is 2. The van der Waals surface area contributed by atoms with Gasteiger partial charge in [-0.2, -0.15) is 26.3 Å². The van der Waals surface area contributed by atoms with Gasteiger partial charge in [0.1, 0.15) is 73.7 Å². The monoisotopic (exact) mass is 1630 g/mol. The maximum atomic E-state index is 15.0. The Bertz CT molecular complexity index is 3670. The van der Waals surface area contributed by atoms with E-state index in [-0.39, 0.29) is 63.8 Å².